The van der Waals surface area contributed by atoms with Crippen LogP contribution in [0.25, 0.3) is 0 Å². The van der Waals surface area contributed by atoms with E-state index in [1.54, 1.807) is 0 Å². The first kappa shape index (κ1) is 17.3. The van der Waals surface area contributed by atoms with Gasteiger partial charge in [-0.25, -0.2) is 0 Å². The SMILES string of the molecule is Bc1c(C(C)(C)C)cc(C(C)(C)C)c(C)c1C(C)(C)C. The minimum absolute atomic E-state index is 0.190. The summed E-state index contributed by atoms with van der Waals surface area (Å²) in [6.45, 7) is 23.2. The molecule has 0 aliphatic rings. The maximum Gasteiger partial charge on any atom is 0.140 e. The Morgan fingerprint density at radius 2 is 1.10 bits per heavy atom. The minimum atomic E-state index is 0.190. The van der Waals surface area contributed by atoms with Gasteiger partial charge in [0.15, 0.2) is 0 Å². The summed E-state index contributed by atoms with van der Waals surface area (Å²) in [5.74, 6) is 0. The van der Waals surface area contributed by atoms with Crippen LogP contribution in [0.5, 0.6) is 0 Å². The van der Waals surface area contributed by atoms with Crippen molar-refractivity contribution < 1.29 is 0 Å². The molecule has 1 aromatic rings. The lowest BCUT2D eigenvalue weighted by Crippen LogP contribution is -2.34. The Morgan fingerprint density at radius 1 is 0.700 bits per heavy atom. The van der Waals surface area contributed by atoms with Gasteiger partial charge in [-0.05, 0) is 45.4 Å². The van der Waals surface area contributed by atoms with E-state index in [1.165, 1.54) is 27.7 Å². The van der Waals surface area contributed by atoms with Gasteiger partial charge < -0.3 is 0 Å². The summed E-state index contributed by atoms with van der Waals surface area (Å²) in [7, 11) is 2.31. The van der Waals surface area contributed by atoms with E-state index < -0.39 is 0 Å². The third-order valence-corrected chi connectivity index (χ3v) is 4.21. The average Bonchev–Trinajstić information content (AvgIpc) is 2.10. The predicted octanol–water partition coefficient (Wildman–Crippen LogP) is 4.15. The highest BCUT2D eigenvalue weighted by Gasteiger charge is 2.29. The molecule has 0 amide bonds. The van der Waals surface area contributed by atoms with E-state index >= 15 is 0 Å². The van der Waals surface area contributed by atoms with Crippen LogP contribution < -0.4 is 5.46 Å². The van der Waals surface area contributed by atoms with Crippen molar-refractivity contribution in [3.8, 4) is 0 Å². The Labute approximate surface area is 127 Å². The number of rotatable bonds is 0. The molecular weight excluding hydrogens is 239 g/mol. The van der Waals surface area contributed by atoms with Gasteiger partial charge in [-0.2, -0.15) is 0 Å². The Bertz CT molecular complexity index is 464. The molecule has 0 N–H and O–H groups in total. The molecule has 0 nitrogen and oxygen atoms in total. The van der Waals surface area contributed by atoms with Crippen LogP contribution in [0.3, 0.4) is 0 Å². The molecule has 0 heterocycles. The number of hydrogen-bond donors (Lipinski definition) is 0. The molecule has 0 saturated carbocycles. The summed E-state index contributed by atoms with van der Waals surface area (Å²) in [4.78, 5) is 0. The fourth-order valence-corrected chi connectivity index (χ4v) is 3.59. The molecule has 0 atom stereocenters. The van der Waals surface area contributed by atoms with Gasteiger partial charge in [0, 0.05) is 0 Å². The molecule has 0 aliphatic carbocycles. The monoisotopic (exact) mass is 272 g/mol. The molecule has 0 unspecified atom stereocenters. The normalized spacial score (nSPS) is 13.7. The summed E-state index contributed by atoms with van der Waals surface area (Å²) in [6, 6.07) is 2.46. The Kier molecular flexibility index (Phi) is 4.27. The summed E-state index contributed by atoms with van der Waals surface area (Å²) < 4.78 is 0. The molecule has 1 rings (SSSR count). The highest BCUT2D eigenvalue weighted by Crippen LogP contribution is 2.36. The van der Waals surface area contributed by atoms with Gasteiger partial charge in [-0.3, -0.25) is 0 Å². The van der Waals surface area contributed by atoms with Crippen LogP contribution in [0, 0.1) is 6.92 Å². The first-order valence-electron chi connectivity index (χ1n) is 7.83. The Balaban J connectivity index is 3.86. The second-order valence-corrected chi connectivity index (χ2v) is 9.35. The molecule has 20 heavy (non-hydrogen) atoms. The fraction of sp³-hybridized carbons (Fsp3) is 0.684. The topological polar surface area (TPSA) is 0 Å². The third kappa shape index (κ3) is 3.30. The van der Waals surface area contributed by atoms with Crippen molar-refractivity contribution in [1.29, 1.82) is 0 Å². The second kappa shape index (κ2) is 4.93. The highest BCUT2D eigenvalue weighted by molar-refractivity contribution is 6.35. The summed E-state index contributed by atoms with van der Waals surface area (Å²) in [5, 5.41) is 0. The maximum atomic E-state index is 2.46. The van der Waals surface area contributed by atoms with Gasteiger partial charge >= 0.3 is 0 Å². The Morgan fingerprint density at radius 3 is 1.40 bits per heavy atom. The van der Waals surface area contributed by atoms with E-state index in [2.05, 4.69) is 83.2 Å². The van der Waals surface area contributed by atoms with Crippen molar-refractivity contribution >= 4 is 13.3 Å². The van der Waals surface area contributed by atoms with E-state index in [9.17, 15) is 0 Å². The summed E-state index contributed by atoms with van der Waals surface area (Å²) >= 11 is 0. The predicted molar refractivity (Wildman–Crippen MR) is 95.5 cm³/mol. The van der Waals surface area contributed by atoms with Crippen LogP contribution in [0.15, 0.2) is 6.07 Å². The zero-order valence-electron chi connectivity index (χ0n) is 15.6. The van der Waals surface area contributed by atoms with Crippen LogP contribution in [-0.2, 0) is 16.2 Å². The Hall–Kier alpha value is -0.715. The molecular formula is C19H33B. The quantitative estimate of drug-likeness (QED) is 0.622. The van der Waals surface area contributed by atoms with Crippen LogP contribution in [0.2, 0.25) is 0 Å². The standard InChI is InChI=1S/C19H33B/c1-12-13(17(2,3)4)11-14(18(5,6)7)16(20)15(12)19(8,9)10/h11H,20H2,1-10H3. The first-order chi connectivity index (χ1) is 8.67. The lowest BCUT2D eigenvalue weighted by molar-refractivity contribution is 0.548. The van der Waals surface area contributed by atoms with E-state index in [1.807, 2.05) is 0 Å². The maximum absolute atomic E-state index is 2.46. The molecule has 0 bridgehead atoms. The molecule has 0 aliphatic heterocycles. The van der Waals surface area contributed by atoms with Crippen molar-refractivity contribution in [3.05, 3.63) is 28.3 Å². The largest absolute Gasteiger partial charge is 0.140 e. The van der Waals surface area contributed by atoms with Gasteiger partial charge in [0.2, 0.25) is 0 Å². The van der Waals surface area contributed by atoms with Crippen molar-refractivity contribution in [2.24, 2.45) is 0 Å². The summed E-state index contributed by atoms with van der Waals surface area (Å²) in [6.07, 6.45) is 0. The van der Waals surface area contributed by atoms with Crippen LogP contribution in [-0.4, -0.2) is 7.85 Å². The third-order valence-electron chi connectivity index (χ3n) is 4.21. The van der Waals surface area contributed by atoms with E-state index in [0.29, 0.717) is 0 Å². The molecule has 0 saturated heterocycles. The van der Waals surface area contributed by atoms with Crippen LogP contribution in [0.1, 0.15) is 84.6 Å². The van der Waals surface area contributed by atoms with Crippen molar-refractivity contribution in [2.45, 2.75) is 85.5 Å². The lowest BCUT2D eigenvalue weighted by Gasteiger charge is -2.35. The van der Waals surface area contributed by atoms with Crippen molar-refractivity contribution in [3.63, 3.8) is 0 Å². The van der Waals surface area contributed by atoms with Gasteiger partial charge in [-0.15, -0.1) is 0 Å². The lowest BCUT2D eigenvalue weighted by atomic mass is 9.65. The number of benzene rings is 1. The van der Waals surface area contributed by atoms with Crippen molar-refractivity contribution in [2.75, 3.05) is 0 Å². The second-order valence-electron chi connectivity index (χ2n) is 9.35. The van der Waals surface area contributed by atoms with E-state index in [0.717, 1.165) is 0 Å². The molecule has 0 aromatic heterocycles. The minimum Gasteiger partial charge on any atom is -0.0814 e. The zero-order valence-corrected chi connectivity index (χ0v) is 15.6. The highest BCUT2D eigenvalue weighted by atomic mass is 14.3. The van der Waals surface area contributed by atoms with Crippen molar-refractivity contribution in [1.82, 2.24) is 0 Å². The fourth-order valence-electron chi connectivity index (χ4n) is 3.59. The molecule has 1 heteroatoms. The number of hydrogen-bond acceptors (Lipinski definition) is 0. The first-order valence-corrected chi connectivity index (χ1v) is 7.83. The van der Waals surface area contributed by atoms with Gasteiger partial charge in [-0.1, -0.05) is 73.8 Å². The van der Waals surface area contributed by atoms with Gasteiger partial charge in [0.05, 0.1) is 0 Å². The van der Waals surface area contributed by atoms with E-state index in [4.69, 9.17) is 0 Å². The smallest absolute Gasteiger partial charge is 0.0814 e. The summed E-state index contributed by atoms with van der Waals surface area (Å²) in [5.41, 5.74) is 8.07. The molecule has 1 aromatic carbocycles. The van der Waals surface area contributed by atoms with Crippen LogP contribution in [0.4, 0.5) is 0 Å². The van der Waals surface area contributed by atoms with Crippen LogP contribution >= 0.6 is 0 Å². The average molecular weight is 272 g/mol. The van der Waals surface area contributed by atoms with Gasteiger partial charge in [0.25, 0.3) is 0 Å². The van der Waals surface area contributed by atoms with E-state index in [-0.39, 0.29) is 16.2 Å². The molecule has 0 radical (unpaired) electrons. The zero-order chi connectivity index (χ0) is 16.1. The molecule has 0 spiro atoms. The molecule has 0 fully saturated rings. The van der Waals surface area contributed by atoms with Gasteiger partial charge in [0.1, 0.15) is 7.85 Å². The molecule has 112 valence electrons.